The minimum Gasteiger partial charge on any atom is -0.303 e. The van der Waals surface area contributed by atoms with Crippen LogP contribution >= 0.6 is 0 Å². The third-order valence-corrected chi connectivity index (χ3v) is 4.00. The lowest BCUT2D eigenvalue weighted by molar-refractivity contribution is 0.620. The molecule has 78 valence electrons. The van der Waals surface area contributed by atoms with E-state index in [-0.39, 0.29) is 0 Å². The molecule has 1 saturated heterocycles. The van der Waals surface area contributed by atoms with Crippen molar-refractivity contribution < 1.29 is 0 Å². The van der Waals surface area contributed by atoms with Gasteiger partial charge in [0.2, 0.25) is 0 Å². The molecule has 1 fully saturated rings. The summed E-state index contributed by atoms with van der Waals surface area (Å²) in [5, 5.41) is 3.67. The highest BCUT2D eigenvalue weighted by molar-refractivity contribution is 5.38. The summed E-state index contributed by atoms with van der Waals surface area (Å²) in [5.41, 5.74) is 4.48. The fraction of sp³-hybridized carbons (Fsp3) is 0.462. The van der Waals surface area contributed by atoms with E-state index in [0.29, 0.717) is 18.0 Å². The van der Waals surface area contributed by atoms with Gasteiger partial charge >= 0.3 is 0 Å². The number of aromatic nitrogens is 1. The molecule has 0 saturated carbocycles. The van der Waals surface area contributed by atoms with E-state index in [1.54, 1.807) is 11.1 Å². The highest BCUT2D eigenvalue weighted by Gasteiger charge is 2.42. The lowest BCUT2D eigenvalue weighted by Gasteiger charge is -2.22. The number of nitrogens with zero attached hydrogens (tertiary/aromatic N) is 1. The maximum absolute atomic E-state index is 4.21. The Hall–Kier alpha value is -1.15. The number of pyridine rings is 1. The van der Waals surface area contributed by atoms with Gasteiger partial charge in [-0.15, -0.1) is 0 Å². The van der Waals surface area contributed by atoms with Crippen LogP contribution in [0.1, 0.15) is 31.7 Å². The largest absolute Gasteiger partial charge is 0.303 e. The predicted molar refractivity (Wildman–Crippen MR) is 60.7 cm³/mol. The summed E-state index contributed by atoms with van der Waals surface area (Å²) >= 11 is 0. The van der Waals surface area contributed by atoms with Gasteiger partial charge in [0, 0.05) is 30.4 Å². The molecule has 3 atom stereocenters. The van der Waals surface area contributed by atoms with Crippen LogP contribution in [0.4, 0.5) is 0 Å². The van der Waals surface area contributed by atoms with Gasteiger partial charge in [0.05, 0.1) is 0 Å². The minimum atomic E-state index is 0.555. The lowest BCUT2D eigenvalue weighted by atomic mass is 9.81. The monoisotopic (exact) mass is 200 g/mol. The molecule has 2 aliphatic heterocycles. The maximum atomic E-state index is 4.21. The molecule has 1 aromatic rings. The van der Waals surface area contributed by atoms with Crippen molar-refractivity contribution in [1.82, 2.24) is 10.3 Å². The van der Waals surface area contributed by atoms with Crippen LogP contribution in [0.5, 0.6) is 0 Å². The standard InChI is InChI=1S/C13H16N2/c1-8-9(2)13-11(6-12(8)15-13)10-4-3-5-14-7-10/h3-5,7,11-13,15H,6H2,1-2H3. The first kappa shape index (κ1) is 9.10. The van der Waals surface area contributed by atoms with E-state index < -0.39 is 0 Å². The summed E-state index contributed by atoms with van der Waals surface area (Å²) in [5.74, 6) is 0.632. The van der Waals surface area contributed by atoms with Gasteiger partial charge in [0.1, 0.15) is 0 Å². The first-order valence-corrected chi connectivity index (χ1v) is 5.60. The number of hydrogen-bond acceptors (Lipinski definition) is 2. The Morgan fingerprint density at radius 2 is 2.20 bits per heavy atom. The van der Waals surface area contributed by atoms with Crippen LogP contribution in [0.25, 0.3) is 0 Å². The van der Waals surface area contributed by atoms with Crippen LogP contribution in [0, 0.1) is 0 Å². The fourth-order valence-corrected chi connectivity index (χ4v) is 2.96. The molecular weight excluding hydrogens is 184 g/mol. The van der Waals surface area contributed by atoms with Crippen LogP contribution in [-0.4, -0.2) is 17.1 Å². The molecule has 0 aromatic carbocycles. The number of hydrogen-bond donors (Lipinski definition) is 1. The van der Waals surface area contributed by atoms with Gasteiger partial charge in [0.15, 0.2) is 0 Å². The topological polar surface area (TPSA) is 24.9 Å². The molecule has 3 unspecified atom stereocenters. The summed E-state index contributed by atoms with van der Waals surface area (Å²) in [6, 6.07) is 5.40. The summed E-state index contributed by atoms with van der Waals surface area (Å²) < 4.78 is 0. The first-order chi connectivity index (χ1) is 7.27. The second-order valence-corrected chi connectivity index (χ2v) is 4.69. The minimum absolute atomic E-state index is 0.555. The smallest absolute Gasteiger partial charge is 0.0355 e. The zero-order valence-corrected chi connectivity index (χ0v) is 9.20. The zero-order valence-electron chi connectivity index (χ0n) is 9.20. The van der Waals surface area contributed by atoms with E-state index in [1.165, 1.54) is 12.0 Å². The summed E-state index contributed by atoms with van der Waals surface area (Å²) in [7, 11) is 0. The van der Waals surface area contributed by atoms with Crippen molar-refractivity contribution >= 4 is 0 Å². The molecule has 1 aromatic heterocycles. The van der Waals surface area contributed by atoms with Crippen LogP contribution in [0.2, 0.25) is 0 Å². The van der Waals surface area contributed by atoms with Crippen molar-refractivity contribution in [1.29, 1.82) is 0 Å². The molecule has 1 N–H and O–H groups in total. The molecule has 2 aliphatic rings. The second-order valence-electron chi connectivity index (χ2n) is 4.69. The highest BCUT2D eigenvalue weighted by Crippen LogP contribution is 2.42. The van der Waals surface area contributed by atoms with Gasteiger partial charge in [-0.1, -0.05) is 17.2 Å². The Balaban J connectivity index is 1.94. The van der Waals surface area contributed by atoms with Crippen molar-refractivity contribution in [3.05, 3.63) is 41.2 Å². The zero-order chi connectivity index (χ0) is 10.4. The van der Waals surface area contributed by atoms with Gasteiger partial charge in [-0.2, -0.15) is 0 Å². The molecule has 0 radical (unpaired) electrons. The van der Waals surface area contributed by atoms with Crippen LogP contribution in [0.3, 0.4) is 0 Å². The van der Waals surface area contributed by atoms with Crippen LogP contribution < -0.4 is 5.32 Å². The van der Waals surface area contributed by atoms with Crippen molar-refractivity contribution in [3.8, 4) is 0 Å². The van der Waals surface area contributed by atoms with Crippen molar-refractivity contribution in [2.24, 2.45) is 0 Å². The average molecular weight is 200 g/mol. The van der Waals surface area contributed by atoms with E-state index in [0.717, 1.165) is 0 Å². The average Bonchev–Trinajstić information content (AvgIpc) is 2.82. The lowest BCUT2D eigenvalue weighted by Crippen LogP contribution is -2.24. The van der Waals surface area contributed by atoms with Crippen molar-refractivity contribution in [2.75, 3.05) is 0 Å². The van der Waals surface area contributed by atoms with Crippen molar-refractivity contribution in [2.45, 2.75) is 38.3 Å². The van der Waals surface area contributed by atoms with E-state index in [2.05, 4.69) is 30.2 Å². The molecule has 2 heteroatoms. The third-order valence-electron chi connectivity index (χ3n) is 4.00. The normalized spacial score (nSPS) is 33.9. The van der Waals surface area contributed by atoms with Crippen LogP contribution in [0.15, 0.2) is 35.7 Å². The summed E-state index contributed by atoms with van der Waals surface area (Å²) in [6.07, 6.45) is 5.09. The maximum Gasteiger partial charge on any atom is 0.0355 e. The molecule has 3 rings (SSSR count). The second kappa shape index (κ2) is 3.17. The fourth-order valence-electron chi connectivity index (χ4n) is 2.96. The molecule has 2 nitrogen and oxygen atoms in total. The van der Waals surface area contributed by atoms with Gasteiger partial charge in [0.25, 0.3) is 0 Å². The molecule has 0 spiro atoms. The van der Waals surface area contributed by atoms with Gasteiger partial charge in [-0.05, 0) is 31.9 Å². The number of fused-ring (bicyclic) bond motifs is 2. The summed E-state index contributed by atoms with van der Waals surface area (Å²) in [4.78, 5) is 4.21. The molecular formula is C13H16N2. The molecule has 2 bridgehead atoms. The van der Waals surface area contributed by atoms with E-state index >= 15 is 0 Å². The van der Waals surface area contributed by atoms with E-state index in [4.69, 9.17) is 0 Å². The highest BCUT2D eigenvalue weighted by atomic mass is 15.0. The number of nitrogens with one attached hydrogen (secondary N) is 1. The SMILES string of the molecule is CC1=C(C)C2NC1CC2c1cccnc1. The Morgan fingerprint density at radius 1 is 1.33 bits per heavy atom. The van der Waals surface area contributed by atoms with E-state index in [9.17, 15) is 0 Å². The molecule has 15 heavy (non-hydrogen) atoms. The molecule has 0 aliphatic carbocycles. The first-order valence-electron chi connectivity index (χ1n) is 5.60. The van der Waals surface area contributed by atoms with Crippen LogP contribution in [-0.2, 0) is 0 Å². The quantitative estimate of drug-likeness (QED) is 0.703. The Morgan fingerprint density at radius 3 is 2.80 bits per heavy atom. The Labute approximate surface area is 90.4 Å². The number of rotatable bonds is 1. The molecule has 0 amide bonds. The Kier molecular flexibility index (Phi) is 1.93. The third kappa shape index (κ3) is 1.25. The predicted octanol–water partition coefficient (Wildman–Crippen LogP) is 2.25. The van der Waals surface area contributed by atoms with Gasteiger partial charge < -0.3 is 5.32 Å². The Bertz CT molecular complexity index is 408. The van der Waals surface area contributed by atoms with Gasteiger partial charge in [-0.3, -0.25) is 4.98 Å². The molecule has 3 heterocycles. The van der Waals surface area contributed by atoms with Gasteiger partial charge in [-0.25, -0.2) is 0 Å². The van der Waals surface area contributed by atoms with Crippen molar-refractivity contribution in [3.63, 3.8) is 0 Å². The summed E-state index contributed by atoms with van der Waals surface area (Å²) in [6.45, 7) is 4.52. The van der Waals surface area contributed by atoms with E-state index in [1.807, 2.05) is 18.5 Å².